The summed E-state index contributed by atoms with van der Waals surface area (Å²) in [6.07, 6.45) is 5.39. The Kier molecular flexibility index (Phi) is 4.28. The molecule has 0 amide bonds. The first-order valence-corrected chi connectivity index (χ1v) is 8.51. The van der Waals surface area contributed by atoms with Crippen molar-refractivity contribution >= 4 is 18.4 Å². The molecule has 0 aliphatic rings. The van der Waals surface area contributed by atoms with Crippen LogP contribution in [0.4, 0.5) is 0 Å². The third kappa shape index (κ3) is 3.12. The van der Waals surface area contributed by atoms with E-state index < -0.39 is 0 Å². The molecule has 4 aromatic rings. The summed E-state index contributed by atoms with van der Waals surface area (Å²) >= 11 is 5.32. The number of hydrogen-bond donors (Lipinski definition) is 1. The largest absolute Gasteiger partial charge is 0.250 e. The number of nitrogens with one attached hydrogen (secondary N) is 1. The first-order chi connectivity index (χ1) is 12.7. The number of aryl methyl sites for hydroxylation is 1. The summed E-state index contributed by atoms with van der Waals surface area (Å²) in [5.74, 6) is 0.680. The van der Waals surface area contributed by atoms with Gasteiger partial charge in [-0.25, -0.2) is 9.78 Å². The van der Waals surface area contributed by atoms with Crippen molar-refractivity contribution in [2.75, 3.05) is 0 Å². The Morgan fingerprint density at radius 3 is 2.65 bits per heavy atom. The van der Waals surface area contributed by atoms with Gasteiger partial charge in [-0.3, -0.25) is 0 Å². The van der Waals surface area contributed by atoms with Crippen molar-refractivity contribution in [1.82, 2.24) is 24.7 Å². The number of aromatic nitrogens is 5. The molecule has 0 radical (unpaired) electrons. The molecule has 2 aromatic carbocycles. The number of para-hydroxylation sites is 1. The van der Waals surface area contributed by atoms with Crippen LogP contribution in [-0.2, 0) is 0 Å². The summed E-state index contributed by atoms with van der Waals surface area (Å²) in [5.41, 5.74) is 3.95. The Balaban J connectivity index is 1.67. The van der Waals surface area contributed by atoms with Crippen LogP contribution >= 0.6 is 12.2 Å². The number of aromatic amines is 1. The Labute approximate surface area is 155 Å². The molecular weight excluding hydrogens is 344 g/mol. The van der Waals surface area contributed by atoms with Gasteiger partial charge in [0, 0.05) is 17.3 Å². The predicted molar refractivity (Wildman–Crippen MR) is 104 cm³/mol. The SMILES string of the molecule is Cc1ccccc1-c1n[nH]c(=S)n1/N=C\c1cnn(-c2ccccc2)c1. The molecule has 0 saturated carbocycles. The minimum absolute atomic E-state index is 0.440. The fraction of sp³-hybridized carbons (Fsp3) is 0.0526. The van der Waals surface area contributed by atoms with Gasteiger partial charge in [0.25, 0.3) is 0 Å². The molecule has 2 heterocycles. The van der Waals surface area contributed by atoms with E-state index in [1.165, 1.54) is 0 Å². The van der Waals surface area contributed by atoms with Gasteiger partial charge in [0.2, 0.25) is 4.77 Å². The molecule has 0 aliphatic carbocycles. The van der Waals surface area contributed by atoms with Gasteiger partial charge in [-0.05, 0) is 36.8 Å². The van der Waals surface area contributed by atoms with Gasteiger partial charge in [0.15, 0.2) is 5.82 Å². The fourth-order valence-corrected chi connectivity index (χ4v) is 2.83. The third-order valence-electron chi connectivity index (χ3n) is 3.98. The van der Waals surface area contributed by atoms with Crippen molar-refractivity contribution in [3.05, 3.63) is 82.9 Å². The lowest BCUT2D eigenvalue weighted by atomic mass is 10.1. The van der Waals surface area contributed by atoms with E-state index in [1.807, 2.05) is 67.7 Å². The van der Waals surface area contributed by atoms with Gasteiger partial charge < -0.3 is 0 Å². The van der Waals surface area contributed by atoms with E-state index in [1.54, 1.807) is 21.8 Å². The van der Waals surface area contributed by atoms with E-state index in [9.17, 15) is 0 Å². The highest BCUT2D eigenvalue weighted by Crippen LogP contribution is 2.21. The average Bonchev–Trinajstić information content (AvgIpc) is 3.28. The highest BCUT2D eigenvalue weighted by molar-refractivity contribution is 7.71. The summed E-state index contributed by atoms with van der Waals surface area (Å²) in [5, 5.41) is 16.0. The predicted octanol–water partition coefficient (Wildman–Crippen LogP) is 3.98. The molecule has 0 unspecified atom stereocenters. The molecule has 0 atom stereocenters. The highest BCUT2D eigenvalue weighted by atomic mass is 32.1. The van der Waals surface area contributed by atoms with Gasteiger partial charge in [-0.2, -0.15) is 20.0 Å². The van der Waals surface area contributed by atoms with Crippen molar-refractivity contribution < 1.29 is 0 Å². The Morgan fingerprint density at radius 2 is 1.85 bits per heavy atom. The zero-order valence-electron chi connectivity index (χ0n) is 14.1. The van der Waals surface area contributed by atoms with Crippen molar-refractivity contribution in [3.63, 3.8) is 0 Å². The van der Waals surface area contributed by atoms with Crippen molar-refractivity contribution in [2.24, 2.45) is 5.10 Å². The molecule has 0 bridgehead atoms. The van der Waals surface area contributed by atoms with E-state index >= 15 is 0 Å². The quantitative estimate of drug-likeness (QED) is 0.442. The number of H-pyrrole nitrogens is 1. The molecule has 0 aliphatic heterocycles. The lowest BCUT2D eigenvalue weighted by molar-refractivity contribution is 0.870. The smallest absolute Gasteiger partial charge is 0.216 e. The molecule has 4 rings (SSSR count). The first-order valence-electron chi connectivity index (χ1n) is 8.10. The lowest BCUT2D eigenvalue weighted by Gasteiger charge is -2.03. The van der Waals surface area contributed by atoms with Gasteiger partial charge in [0.05, 0.1) is 18.1 Å². The summed E-state index contributed by atoms with van der Waals surface area (Å²) < 4.78 is 3.87. The summed E-state index contributed by atoms with van der Waals surface area (Å²) in [7, 11) is 0. The maximum Gasteiger partial charge on any atom is 0.216 e. The Bertz CT molecular complexity index is 1120. The fourth-order valence-electron chi connectivity index (χ4n) is 2.65. The number of benzene rings is 2. The maximum absolute atomic E-state index is 5.32. The number of rotatable bonds is 4. The molecule has 0 spiro atoms. The third-order valence-corrected chi connectivity index (χ3v) is 4.25. The molecule has 7 heteroatoms. The molecule has 0 saturated heterocycles. The first kappa shape index (κ1) is 16.2. The normalized spacial score (nSPS) is 11.3. The number of hydrogen-bond acceptors (Lipinski definition) is 4. The van der Waals surface area contributed by atoms with Crippen LogP contribution in [0.15, 0.2) is 72.1 Å². The standard InChI is InChI=1S/C19H16N6S/c1-14-7-5-6-10-17(14)18-22-23-19(26)25(18)21-12-15-11-20-24(13-15)16-8-3-2-4-9-16/h2-13H,1H3,(H,23,26)/b21-12-. The Hall–Kier alpha value is -3.32. The van der Waals surface area contributed by atoms with Crippen LogP contribution in [0.5, 0.6) is 0 Å². The van der Waals surface area contributed by atoms with E-state index in [0.717, 1.165) is 22.4 Å². The number of nitrogens with zero attached hydrogens (tertiary/aromatic N) is 5. The second kappa shape index (κ2) is 6.89. The zero-order chi connectivity index (χ0) is 17.9. The zero-order valence-corrected chi connectivity index (χ0v) is 14.9. The van der Waals surface area contributed by atoms with Crippen molar-refractivity contribution in [2.45, 2.75) is 6.92 Å². The van der Waals surface area contributed by atoms with E-state index in [-0.39, 0.29) is 0 Å². The molecular formula is C19H16N6S. The molecule has 0 fully saturated rings. The molecule has 128 valence electrons. The second-order valence-corrected chi connectivity index (χ2v) is 6.16. The molecule has 1 N–H and O–H groups in total. The van der Waals surface area contributed by atoms with Gasteiger partial charge in [-0.1, -0.05) is 42.5 Å². The van der Waals surface area contributed by atoms with Crippen LogP contribution in [0, 0.1) is 11.7 Å². The van der Waals surface area contributed by atoms with Gasteiger partial charge >= 0.3 is 0 Å². The Morgan fingerprint density at radius 1 is 1.08 bits per heavy atom. The monoisotopic (exact) mass is 360 g/mol. The van der Waals surface area contributed by atoms with Crippen molar-refractivity contribution in [3.8, 4) is 17.1 Å². The van der Waals surface area contributed by atoms with E-state index in [0.29, 0.717) is 10.6 Å². The second-order valence-electron chi connectivity index (χ2n) is 5.78. The van der Waals surface area contributed by atoms with Gasteiger partial charge in [-0.15, -0.1) is 0 Å². The van der Waals surface area contributed by atoms with Crippen LogP contribution in [-0.4, -0.2) is 30.9 Å². The van der Waals surface area contributed by atoms with Crippen LogP contribution in [0.2, 0.25) is 0 Å². The lowest BCUT2D eigenvalue weighted by Crippen LogP contribution is -1.96. The summed E-state index contributed by atoms with van der Waals surface area (Å²) in [6, 6.07) is 17.9. The van der Waals surface area contributed by atoms with Crippen LogP contribution in [0.25, 0.3) is 17.1 Å². The minimum Gasteiger partial charge on any atom is -0.250 e. The van der Waals surface area contributed by atoms with Crippen LogP contribution in [0.1, 0.15) is 11.1 Å². The minimum atomic E-state index is 0.440. The topological polar surface area (TPSA) is 63.8 Å². The summed E-state index contributed by atoms with van der Waals surface area (Å²) in [6.45, 7) is 2.03. The van der Waals surface area contributed by atoms with Crippen LogP contribution in [0.3, 0.4) is 0 Å². The van der Waals surface area contributed by atoms with Gasteiger partial charge in [0.1, 0.15) is 0 Å². The molecule has 26 heavy (non-hydrogen) atoms. The van der Waals surface area contributed by atoms with Crippen molar-refractivity contribution in [1.29, 1.82) is 0 Å². The summed E-state index contributed by atoms with van der Waals surface area (Å²) in [4.78, 5) is 0. The molecule has 6 nitrogen and oxygen atoms in total. The maximum atomic E-state index is 5.32. The van der Waals surface area contributed by atoms with E-state index in [4.69, 9.17) is 12.2 Å². The van der Waals surface area contributed by atoms with E-state index in [2.05, 4.69) is 20.4 Å². The van der Waals surface area contributed by atoms with Crippen LogP contribution < -0.4 is 0 Å². The highest BCUT2D eigenvalue weighted by Gasteiger charge is 2.10. The average molecular weight is 360 g/mol. The molecule has 2 aromatic heterocycles.